The first-order valence-corrected chi connectivity index (χ1v) is 34.1. The van der Waals surface area contributed by atoms with E-state index in [2.05, 4.69) is 86.8 Å². The van der Waals surface area contributed by atoms with Gasteiger partial charge >= 0.3 is 11.9 Å². The van der Waals surface area contributed by atoms with Gasteiger partial charge in [0.25, 0.3) is 0 Å². The molecule has 9 heteroatoms. The molecule has 0 spiro atoms. The number of allylic oxidation sites excluding steroid dienone is 12. The van der Waals surface area contributed by atoms with E-state index in [-0.39, 0.29) is 38.6 Å². The lowest BCUT2D eigenvalue weighted by atomic mass is 10.0. The number of nitrogens with zero attached hydrogens (tertiary/aromatic N) is 1. The molecule has 9 nitrogen and oxygen atoms in total. The Morgan fingerprint density at radius 1 is 0.383 bits per heavy atom. The summed E-state index contributed by atoms with van der Waals surface area (Å²) in [5.41, 5.74) is 0. The highest BCUT2D eigenvalue weighted by atomic mass is 16.7. The SMILES string of the molecule is CC/C=C\C/C=C\C/C=C\C/C=C\C/C=C\C/C=C\CCCCCCCCC(=O)OC(COC(=O)CCCCCCCCCCCCCCCCCCCCCCCCCCCCCCCCC)COC(OCC[N+](C)(C)C)C(=O)[O-]. The zero-order valence-corrected chi connectivity index (χ0v) is 53.7. The van der Waals surface area contributed by atoms with E-state index < -0.39 is 24.3 Å². The van der Waals surface area contributed by atoms with Crippen LogP contribution in [0.3, 0.4) is 0 Å². The Balaban J connectivity index is 4.13. The number of hydrogen-bond acceptors (Lipinski definition) is 8. The highest BCUT2D eigenvalue weighted by Gasteiger charge is 2.22. The molecule has 2 unspecified atom stereocenters. The van der Waals surface area contributed by atoms with Crippen molar-refractivity contribution >= 4 is 17.9 Å². The van der Waals surface area contributed by atoms with Gasteiger partial charge in [-0.05, 0) is 64.2 Å². The minimum absolute atomic E-state index is 0.143. The Labute approximate surface area is 500 Å². The molecule has 0 rings (SSSR count). The van der Waals surface area contributed by atoms with Crippen molar-refractivity contribution in [2.75, 3.05) is 47.5 Å². The molecule has 0 aliphatic heterocycles. The van der Waals surface area contributed by atoms with Crippen molar-refractivity contribution in [3.63, 3.8) is 0 Å². The third-order valence-electron chi connectivity index (χ3n) is 15.0. The van der Waals surface area contributed by atoms with Crippen molar-refractivity contribution in [2.24, 2.45) is 0 Å². The van der Waals surface area contributed by atoms with E-state index in [1.165, 1.54) is 180 Å². The number of carboxylic acid groups (broad SMARTS) is 1. The van der Waals surface area contributed by atoms with E-state index in [4.69, 9.17) is 18.9 Å². The fraction of sp³-hybridized carbons (Fsp3) is 0.792. The largest absolute Gasteiger partial charge is 0.545 e. The highest BCUT2D eigenvalue weighted by Crippen LogP contribution is 2.18. The number of aliphatic carboxylic acids is 1. The van der Waals surface area contributed by atoms with Crippen LogP contribution < -0.4 is 5.11 Å². The third-order valence-corrected chi connectivity index (χ3v) is 15.0. The van der Waals surface area contributed by atoms with Crippen molar-refractivity contribution in [3.05, 3.63) is 72.9 Å². The van der Waals surface area contributed by atoms with Crippen molar-refractivity contribution < 1.29 is 42.9 Å². The smallest absolute Gasteiger partial charge is 0.306 e. The summed E-state index contributed by atoms with van der Waals surface area (Å²) in [5.74, 6) is -2.29. The summed E-state index contributed by atoms with van der Waals surface area (Å²) in [7, 11) is 5.93. The van der Waals surface area contributed by atoms with E-state index in [0.717, 1.165) is 96.3 Å². The Kier molecular flexibility index (Phi) is 60.2. The van der Waals surface area contributed by atoms with E-state index in [1.54, 1.807) is 0 Å². The van der Waals surface area contributed by atoms with Gasteiger partial charge in [-0.25, -0.2) is 0 Å². The Morgan fingerprint density at radius 3 is 1.05 bits per heavy atom. The maximum absolute atomic E-state index is 12.9. The average molecular weight is 1140 g/mol. The summed E-state index contributed by atoms with van der Waals surface area (Å²) in [5, 5.41) is 11.8. The lowest BCUT2D eigenvalue weighted by Crippen LogP contribution is -2.44. The predicted molar refractivity (Wildman–Crippen MR) is 343 cm³/mol. The number of quaternary nitrogens is 1. The first kappa shape index (κ1) is 77.7. The molecule has 0 aliphatic carbocycles. The van der Waals surface area contributed by atoms with Gasteiger partial charge in [-0.15, -0.1) is 0 Å². The van der Waals surface area contributed by atoms with Crippen LogP contribution in [0.4, 0.5) is 0 Å². The van der Waals surface area contributed by atoms with Gasteiger partial charge in [-0.2, -0.15) is 0 Å². The fourth-order valence-electron chi connectivity index (χ4n) is 9.78. The van der Waals surface area contributed by atoms with E-state index in [1.807, 2.05) is 21.1 Å². The molecule has 470 valence electrons. The van der Waals surface area contributed by atoms with E-state index in [9.17, 15) is 19.5 Å². The molecule has 0 fully saturated rings. The zero-order valence-electron chi connectivity index (χ0n) is 53.7. The van der Waals surface area contributed by atoms with Crippen LogP contribution in [0.25, 0.3) is 0 Å². The number of likely N-dealkylation sites (N-methyl/N-ethyl adjacent to an activating group) is 1. The van der Waals surface area contributed by atoms with E-state index in [0.29, 0.717) is 17.4 Å². The summed E-state index contributed by atoms with van der Waals surface area (Å²) in [4.78, 5) is 37.4. The molecule has 0 aliphatic rings. The molecule has 2 atom stereocenters. The lowest BCUT2D eigenvalue weighted by Gasteiger charge is -2.26. The molecule has 0 heterocycles. The summed E-state index contributed by atoms with van der Waals surface area (Å²) in [6.07, 6.45) is 79.9. The molecular formula is C72H129NO8. The van der Waals surface area contributed by atoms with Crippen LogP contribution in [0, 0.1) is 0 Å². The quantitative estimate of drug-likeness (QED) is 0.0195. The molecule has 0 N–H and O–H groups in total. The van der Waals surface area contributed by atoms with E-state index >= 15 is 0 Å². The van der Waals surface area contributed by atoms with Crippen LogP contribution in [0.15, 0.2) is 72.9 Å². The maximum atomic E-state index is 12.9. The lowest BCUT2D eigenvalue weighted by molar-refractivity contribution is -0.870. The predicted octanol–water partition coefficient (Wildman–Crippen LogP) is 19.6. The number of rotatable bonds is 63. The summed E-state index contributed by atoms with van der Waals surface area (Å²) >= 11 is 0. The topological polar surface area (TPSA) is 111 Å². The second kappa shape index (κ2) is 62.8. The van der Waals surface area contributed by atoms with Crippen molar-refractivity contribution in [1.29, 1.82) is 0 Å². The molecule has 81 heavy (non-hydrogen) atoms. The molecule has 0 aromatic carbocycles. The summed E-state index contributed by atoms with van der Waals surface area (Å²) < 4.78 is 22.8. The van der Waals surface area contributed by atoms with Gasteiger partial charge in [0.15, 0.2) is 12.4 Å². The molecule has 0 bridgehead atoms. The first-order valence-electron chi connectivity index (χ1n) is 34.1. The minimum Gasteiger partial charge on any atom is -0.545 e. The number of esters is 2. The number of carbonyl (C=O) groups is 3. The second-order valence-electron chi connectivity index (χ2n) is 24.1. The van der Waals surface area contributed by atoms with Gasteiger partial charge in [-0.1, -0.05) is 305 Å². The number of ether oxygens (including phenoxy) is 4. The van der Waals surface area contributed by atoms with Gasteiger partial charge < -0.3 is 33.3 Å². The first-order chi connectivity index (χ1) is 39.6. The number of hydrogen-bond donors (Lipinski definition) is 0. The standard InChI is InChI=1S/C72H129NO8/c1-6-8-10-12-14-16-18-20-22-24-26-28-30-32-33-34-35-36-37-39-40-42-44-46-48-50-52-54-56-58-60-62-69(74)79-66-68(67-80-72(71(76)77)78-65-64-73(3,4)5)81-70(75)63-61-59-57-55-53-51-49-47-45-43-41-38-31-29-27-25-23-21-19-17-15-13-11-9-7-2/h9,11,15,17,21,23,27,29,38,41,45,47,68,72H,6-8,10,12-14,16,18-20,22,24-26,28,30-37,39-40,42-44,46,48-67H2,1-5H3/b11-9-,17-15-,23-21-,29-27-,41-38-,47-45-. The van der Waals surface area contributed by atoms with Gasteiger partial charge in [0.2, 0.25) is 0 Å². The molecule has 0 saturated heterocycles. The van der Waals surface area contributed by atoms with Gasteiger partial charge in [0.1, 0.15) is 13.2 Å². The van der Waals surface area contributed by atoms with Crippen molar-refractivity contribution in [1.82, 2.24) is 0 Å². The average Bonchev–Trinajstić information content (AvgIpc) is 3.44. The van der Waals surface area contributed by atoms with Crippen LogP contribution in [0.1, 0.15) is 309 Å². The van der Waals surface area contributed by atoms with Gasteiger partial charge in [-0.3, -0.25) is 9.59 Å². The second-order valence-corrected chi connectivity index (χ2v) is 24.1. The van der Waals surface area contributed by atoms with Crippen molar-refractivity contribution in [2.45, 2.75) is 322 Å². The Hall–Kier alpha value is -3.27. The molecule has 0 saturated carbocycles. The van der Waals surface area contributed by atoms with Crippen LogP contribution in [0.5, 0.6) is 0 Å². The Morgan fingerprint density at radius 2 is 0.704 bits per heavy atom. The zero-order chi connectivity index (χ0) is 59.1. The van der Waals surface area contributed by atoms with Crippen molar-refractivity contribution in [3.8, 4) is 0 Å². The van der Waals surface area contributed by atoms with Gasteiger partial charge in [0.05, 0.1) is 40.3 Å². The summed E-state index contributed by atoms with van der Waals surface area (Å²) in [6.45, 7) is 4.66. The van der Waals surface area contributed by atoms with Crippen LogP contribution in [-0.2, 0) is 33.3 Å². The number of carbonyl (C=O) groups excluding carboxylic acids is 3. The molecular weight excluding hydrogens is 1010 g/mol. The Bertz CT molecular complexity index is 1560. The maximum Gasteiger partial charge on any atom is 0.306 e. The third kappa shape index (κ3) is 64.1. The minimum atomic E-state index is -1.63. The molecule has 0 radical (unpaired) electrons. The van der Waals surface area contributed by atoms with Crippen LogP contribution in [0.2, 0.25) is 0 Å². The van der Waals surface area contributed by atoms with Gasteiger partial charge in [0, 0.05) is 12.8 Å². The fourth-order valence-corrected chi connectivity index (χ4v) is 9.78. The molecule has 0 amide bonds. The van der Waals surface area contributed by atoms with Crippen LogP contribution in [-0.4, -0.2) is 82.3 Å². The normalized spacial score (nSPS) is 13.1. The monoisotopic (exact) mass is 1140 g/mol. The number of unbranched alkanes of at least 4 members (excludes halogenated alkanes) is 36. The van der Waals surface area contributed by atoms with Crippen LogP contribution >= 0.6 is 0 Å². The molecule has 0 aromatic rings. The molecule has 0 aromatic heterocycles. The number of carboxylic acids is 1. The summed E-state index contributed by atoms with van der Waals surface area (Å²) in [6, 6.07) is 0. The highest BCUT2D eigenvalue weighted by molar-refractivity contribution is 5.70.